The Hall–Kier alpha value is -1.02. The molecule has 1 saturated heterocycles. The highest BCUT2D eigenvalue weighted by atomic mass is 127. The highest BCUT2D eigenvalue weighted by Crippen LogP contribution is 2.38. The van der Waals surface area contributed by atoms with Crippen molar-refractivity contribution in [1.82, 2.24) is 4.90 Å². The molecule has 2 atom stereocenters. The molecule has 20 heavy (non-hydrogen) atoms. The van der Waals surface area contributed by atoms with Gasteiger partial charge in [-0.2, -0.15) is 0 Å². The second-order valence-electron chi connectivity index (χ2n) is 4.89. The summed E-state index contributed by atoms with van der Waals surface area (Å²) in [6, 6.07) is 8.00. The fraction of sp³-hybridized carbons (Fsp3) is 0.500. The maximum absolute atomic E-state index is 6.11. The maximum Gasteiger partial charge on any atom is 0.192 e. The lowest BCUT2D eigenvalue weighted by Gasteiger charge is -2.28. The van der Waals surface area contributed by atoms with Gasteiger partial charge in [0.05, 0.1) is 13.2 Å². The number of rotatable bonds is 1. The Morgan fingerprint density at radius 1 is 1.30 bits per heavy atom. The Balaban J connectivity index is 0.00000147. The number of nitrogens with zero attached hydrogens (tertiary/aromatic N) is 2. The van der Waals surface area contributed by atoms with Gasteiger partial charge in [0.25, 0.3) is 0 Å². The third-order valence-corrected chi connectivity index (χ3v) is 3.60. The summed E-state index contributed by atoms with van der Waals surface area (Å²) in [5, 5.41) is 0. The summed E-state index contributed by atoms with van der Waals surface area (Å²) in [6.45, 7) is 5.06. The standard InChI is InChI=1S/C14H19N3O2.HI/c1-10-13(11-4-2-3-5-12(11)19-10)16-14(15)17-6-8-18-9-7-17;/h2-5,10,13H,6-9H2,1H3,(H2,15,16);1H. The summed E-state index contributed by atoms with van der Waals surface area (Å²) < 4.78 is 11.1. The van der Waals surface area contributed by atoms with Gasteiger partial charge in [-0.1, -0.05) is 18.2 Å². The van der Waals surface area contributed by atoms with E-state index in [4.69, 9.17) is 15.2 Å². The number of morpholine rings is 1. The van der Waals surface area contributed by atoms with Crippen molar-refractivity contribution >= 4 is 29.9 Å². The van der Waals surface area contributed by atoms with Gasteiger partial charge in [-0.05, 0) is 13.0 Å². The van der Waals surface area contributed by atoms with E-state index in [0.29, 0.717) is 19.2 Å². The van der Waals surface area contributed by atoms with Crippen LogP contribution >= 0.6 is 24.0 Å². The Morgan fingerprint density at radius 2 is 2.00 bits per heavy atom. The monoisotopic (exact) mass is 389 g/mol. The van der Waals surface area contributed by atoms with Crippen LogP contribution in [0.5, 0.6) is 5.75 Å². The molecule has 2 N–H and O–H groups in total. The molecule has 2 heterocycles. The van der Waals surface area contributed by atoms with E-state index in [9.17, 15) is 0 Å². The van der Waals surface area contributed by atoms with Crippen LogP contribution in [-0.4, -0.2) is 43.3 Å². The second kappa shape index (κ2) is 6.62. The van der Waals surface area contributed by atoms with Gasteiger partial charge in [-0.25, -0.2) is 4.99 Å². The van der Waals surface area contributed by atoms with Crippen molar-refractivity contribution in [3.05, 3.63) is 29.8 Å². The summed E-state index contributed by atoms with van der Waals surface area (Å²) in [4.78, 5) is 6.73. The van der Waals surface area contributed by atoms with Crippen LogP contribution in [0.25, 0.3) is 0 Å². The molecule has 0 aromatic heterocycles. The van der Waals surface area contributed by atoms with Crippen LogP contribution in [0.1, 0.15) is 18.5 Å². The molecule has 0 amide bonds. The van der Waals surface area contributed by atoms with Crippen molar-refractivity contribution < 1.29 is 9.47 Å². The van der Waals surface area contributed by atoms with Crippen molar-refractivity contribution in [2.75, 3.05) is 26.3 Å². The fourth-order valence-electron chi connectivity index (χ4n) is 2.54. The molecule has 1 aromatic rings. The van der Waals surface area contributed by atoms with E-state index in [1.54, 1.807) is 0 Å². The van der Waals surface area contributed by atoms with Crippen molar-refractivity contribution in [2.45, 2.75) is 19.1 Å². The molecule has 6 heteroatoms. The zero-order chi connectivity index (χ0) is 13.2. The number of aliphatic imine (C=N–C) groups is 1. The number of ether oxygens (including phenoxy) is 2. The Labute approximate surface area is 136 Å². The zero-order valence-electron chi connectivity index (χ0n) is 11.5. The van der Waals surface area contributed by atoms with Crippen molar-refractivity contribution in [3.8, 4) is 5.75 Å². The first-order valence-electron chi connectivity index (χ1n) is 6.67. The molecule has 2 unspecified atom stereocenters. The molecular formula is C14H20IN3O2. The molecule has 0 spiro atoms. The predicted molar refractivity (Wildman–Crippen MR) is 88.7 cm³/mol. The smallest absolute Gasteiger partial charge is 0.192 e. The zero-order valence-corrected chi connectivity index (χ0v) is 13.8. The second-order valence-corrected chi connectivity index (χ2v) is 4.89. The lowest BCUT2D eigenvalue weighted by Crippen LogP contribution is -2.45. The molecule has 0 radical (unpaired) electrons. The quantitative estimate of drug-likeness (QED) is 0.452. The van der Waals surface area contributed by atoms with E-state index in [0.717, 1.165) is 24.4 Å². The number of halogens is 1. The van der Waals surface area contributed by atoms with Crippen LogP contribution in [0.3, 0.4) is 0 Å². The van der Waals surface area contributed by atoms with E-state index >= 15 is 0 Å². The van der Waals surface area contributed by atoms with Gasteiger partial charge in [-0.15, -0.1) is 24.0 Å². The average molecular weight is 389 g/mol. The predicted octanol–water partition coefficient (Wildman–Crippen LogP) is 1.77. The van der Waals surface area contributed by atoms with Crippen LogP contribution in [0.4, 0.5) is 0 Å². The van der Waals surface area contributed by atoms with Gasteiger partial charge < -0.3 is 20.1 Å². The molecule has 1 aromatic carbocycles. The number of hydrogen-bond acceptors (Lipinski definition) is 3. The Kier molecular flexibility index (Phi) is 5.09. The third kappa shape index (κ3) is 3.01. The van der Waals surface area contributed by atoms with E-state index in [-0.39, 0.29) is 36.1 Å². The van der Waals surface area contributed by atoms with Crippen LogP contribution < -0.4 is 10.5 Å². The van der Waals surface area contributed by atoms with Gasteiger partial charge in [0.1, 0.15) is 17.9 Å². The largest absolute Gasteiger partial charge is 0.488 e. The Morgan fingerprint density at radius 3 is 2.75 bits per heavy atom. The maximum atomic E-state index is 6.11. The molecule has 2 aliphatic heterocycles. The molecule has 5 nitrogen and oxygen atoms in total. The first kappa shape index (κ1) is 15.4. The molecule has 0 saturated carbocycles. The van der Waals surface area contributed by atoms with Crippen LogP contribution in [0.15, 0.2) is 29.3 Å². The van der Waals surface area contributed by atoms with E-state index < -0.39 is 0 Å². The van der Waals surface area contributed by atoms with Gasteiger partial charge in [-0.3, -0.25) is 0 Å². The minimum Gasteiger partial charge on any atom is -0.488 e. The van der Waals surface area contributed by atoms with Crippen LogP contribution in [-0.2, 0) is 4.74 Å². The van der Waals surface area contributed by atoms with Crippen LogP contribution in [0, 0.1) is 0 Å². The highest BCUT2D eigenvalue weighted by molar-refractivity contribution is 14.0. The minimum absolute atomic E-state index is 0. The molecule has 0 aliphatic carbocycles. The highest BCUT2D eigenvalue weighted by Gasteiger charge is 2.31. The van der Waals surface area contributed by atoms with Crippen LogP contribution in [0.2, 0.25) is 0 Å². The minimum atomic E-state index is -0.0148. The Bertz CT molecular complexity index is 489. The lowest BCUT2D eigenvalue weighted by atomic mass is 10.1. The first-order chi connectivity index (χ1) is 9.25. The van der Waals surface area contributed by atoms with Gasteiger partial charge in [0, 0.05) is 18.7 Å². The molecule has 0 bridgehead atoms. The fourth-order valence-corrected chi connectivity index (χ4v) is 2.54. The number of hydrogen-bond donors (Lipinski definition) is 1. The number of fused-ring (bicyclic) bond motifs is 1. The van der Waals surface area contributed by atoms with Gasteiger partial charge >= 0.3 is 0 Å². The topological polar surface area (TPSA) is 60.1 Å². The number of guanidine groups is 1. The number of benzene rings is 1. The average Bonchev–Trinajstić information content (AvgIpc) is 2.76. The van der Waals surface area contributed by atoms with Crippen molar-refractivity contribution in [1.29, 1.82) is 0 Å². The van der Waals surface area contributed by atoms with Crippen molar-refractivity contribution in [2.24, 2.45) is 10.7 Å². The molecule has 110 valence electrons. The third-order valence-electron chi connectivity index (χ3n) is 3.60. The normalized spacial score (nSPS) is 25.6. The van der Waals surface area contributed by atoms with Gasteiger partial charge in [0.2, 0.25) is 0 Å². The number of para-hydroxylation sites is 1. The van der Waals surface area contributed by atoms with E-state index in [1.807, 2.05) is 25.1 Å². The summed E-state index contributed by atoms with van der Waals surface area (Å²) in [6.07, 6.45) is 0.0250. The van der Waals surface area contributed by atoms with E-state index in [1.165, 1.54) is 0 Å². The summed E-state index contributed by atoms with van der Waals surface area (Å²) in [7, 11) is 0. The molecular weight excluding hydrogens is 369 g/mol. The van der Waals surface area contributed by atoms with Gasteiger partial charge in [0.15, 0.2) is 5.96 Å². The number of nitrogens with two attached hydrogens (primary N) is 1. The summed E-state index contributed by atoms with van der Waals surface area (Å²) in [5.41, 5.74) is 7.23. The molecule has 1 fully saturated rings. The molecule has 2 aliphatic rings. The summed E-state index contributed by atoms with van der Waals surface area (Å²) in [5.74, 6) is 1.50. The van der Waals surface area contributed by atoms with Crippen molar-refractivity contribution in [3.63, 3.8) is 0 Å². The summed E-state index contributed by atoms with van der Waals surface area (Å²) >= 11 is 0. The first-order valence-corrected chi connectivity index (χ1v) is 6.67. The lowest BCUT2D eigenvalue weighted by molar-refractivity contribution is 0.0671. The SMILES string of the molecule is CC1Oc2ccccc2C1N=C(N)N1CCOCC1.I. The van der Waals surface area contributed by atoms with E-state index in [2.05, 4.69) is 16.0 Å². The molecule has 3 rings (SSSR count).